The van der Waals surface area contributed by atoms with E-state index in [2.05, 4.69) is 26.0 Å². The second kappa shape index (κ2) is 8.18. The van der Waals surface area contributed by atoms with E-state index in [1.54, 1.807) is 29.0 Å². The third-order valence-electron chi connectivity index (χ3n) is 4.68. The molecule has 0 aliphatic rings. The Morgan fingerprint density at radius 1 is 1.07 bits per heavy atom. The quantitative estimate of drug-likeness (QED) is 0.484. The standard InChI is InChI=1S/C21H19BrN4O3/c1-2-25-19(13-29-12-14-6-4-3-5-7-14)24-26(21(25)28)15-8-9-16-17(10-15)18(22)11-23-20(16)27/h3-11H,2,12-13H2,1H3,(H,23,27). The van der Waals surface area contributed by atoms with E-state index in [9.17, 15) is 9.59 Å². The molecule has 0 amide bonds. The molecule has 0 fully saturated rings. The molecule has 2 aromatic carbocycles. The van der Waals surface area contributed by atoms with Gasteiger partial charge in [0, 0.05) is 28.0 Å². The average molecular weight is 455 g/mol. The topological polar surface area (TPSA) is 81.9 Å². The number of hydrogen-bond acceptors (Lipinski definition) is 4. The Bertz CT molecular complexity index is 1270. The molecule has 0 spiro atoms. The van der Waals surface area contributed by atoms with Crippen LogP contribution in [0.5, 0.6) is 0 Å². The van der Waals surface area contributed by atoms with Gasteiger partial charge in [0.05, 0.1) is 12.3 Å². The third-order valence-corrected chi connectivity index (χ3v) is 5.33. The number of H-pyrrole nitrogens is 1. The van der Waals surface area contributed by atoms with Gasteiger partial charge in [0.15, 0.2) is 5.82 Å². The van der Waals surface area contributed by atoms with Gasteiger partial charge in [-0.25, -0.2) is 4.79 Å². The Labute approximate surface area is 174 Å². The largest absolute Gasteiger partial charge is 0.369 e. The lowest BCUT2D eigenvalue weighted by Gasteiger charge is -2.04. The first kappa shape index (κ1) is 19.4. The number of hydrogen-bond donors (Lipinski definition) is 1. The lowest BCUT2D eigenvalue weighted by atomic mass is 10.1. The highest BCUT2D eigenvalue weighted by molar-refractivity contribution is 9.10. The minimum atomic E-state index is -0.244. The lowest BCUT2D eigenvalue weighted by molar-refractivity contribution is 0.0989. The molecule has 29 heavy (non-hydrogen) atoms. The van der Waals surface area contributed by atoms with Crippen molar-refractivity contribution >= 4 is 26.7 Å². The highest BCUT2D eigenvalue weighted by Gasteiger charge is 2.15. The number of aromatic nitrogens is 4. The Kier molecular flexibility index (Phi) is 5.46. The van der Waals surface area contributed by atoms with Crippen LogP contribution < -0.4 is 11.2 Å². The number of fused-ring (bicyclic) bond motifs is 1. The molecule has 4 rings (SSSR count). The number of benzene rings is 2. The molecule has 0 saturated heterocycles. The maximum absolute atomic E-state index is 12.9. The van der Waals surface area contributed by atoms with Gasteiger partial charge in [-0.15, -0.1) is 5.10 Å². The van der Waals surface area contributed by atoms with E-state index in [0.717, 1.165) is 10.0 Å². The van der Waals surface area contributed by atoms with Crippen molar-refractivity contribution in [3.8, 4) is 5.69 Å². The van der Waals surface area contributed by atoms with Crippen LogP contribution in [0.4, 0.5) is 0 Å². The Morgan fingerprint density at radius 2 is 1.86 bits per heavy atom. The second-order valence-corrected chi connectivity index (χ2v) is 7.38. The van der Waals surface area contributed by atoms with Gasteiger partial charge in [-0.1, -0.05) is 30.3 Å². The van der Waals surface area contributed by atoms with Crippen LogP contribution in [0.25, 0.3) is 16.5 Å². The van der Waals surface area contributed by atoms with Gasteiger partial charge in [-0.2, -0.15) is 4.68 Å². The monoisotopic (exact) mass is 454 g/mol. The van der Waals surface area contributed by atoms with Crippen LogP contribution >= 0.6 is 15.9 Å². The minimum absolute atomic E-state index is 0.184. The van der Waals surface area contributed by atoms with E-state index < -0.39 is 0 Å². The molecule has 8 heteroatoms. The van der Waals surface area contributed by atoms with Crippen LogP contribution in [0.15, 0.2) is 68.8 Å². The Balaban J connectivity index is 1.66. The van der Waals surface area contributed by atoms with Crippen LogP contribution in [0.2, 0.25) is 0 Å². The number of rotatable bonds is 6. The summed E-state index contributed by atoms with van der Waals surface area (Å²) >= 11 is 3.44. The molecular formula is C21H19BrN4O3. The lowest BCUT2D eigenvalue weighted by Crippen LogP contribution is -2.24. The van der Waals surface area contributed by atoms with E-state index in [1.165, 1.54) is 4.68 Å². The summed E-state index contributed by atoms with van der Waals surface area (Å²) in [5.41, 5.74) is 1.22. The first-order valence-corrected chi connectivity index (χ1v) is 9.99. The normalized spacial score (nSPS) is 11.2. The first-order valence-electron chi connectivity index (χ1n) is 9.20. The second-order valence-electron chi connectivity index (χ2n) is 6.53. The van der Waals surface area contributed by atoms with Gasteiger partial charge in [-0.3, -0.25) is 9.36 Å². The van der Waals surface area contributed by atoms with Gasteiger partial charge < -0.3 is 9.72 Å². The summed E-state index contributed by atoms with van der Waals surface area (Å²) in [7, 11) is 0. The summed E-state index contributed by atoms with van der Waals surface area (Å²) in [6, 6.07) is 15.0. The molecule has 0 atom stereocenters. The number of aromatic amines is 1. The number of halogens is 1. The minimum Gasteiger partial charge on any atom is -0.369 e. The summed E-state index contributed by atoms with van der Waals surface area (Å²) < 4.78 is 9.44. The maximum Gasteiger partial charge on any atom is 0.350 e. The predicted octanol–water partition coefficient (Wildman–Crippen LogP) is 3.37. The zero-order chi connectivity index (χ0) is 20.4. The molecule has 4 aromatic rings. The molecule has 0 radical (unpaired) electrons. The van der Waals surface area contributed by atoms with E-state index >= 15 is 0 Å². The maximum atomic E-state index is 12.9. The number of ether oxygens (including phenoxy) is 1. The summed E-state index contributed by atoms with van der Waals surface area (Å²) in [6.07, 6.45) is 1.59. The van der Waals surface area contributed by atoms with E-state index in [1.807, 2.05) is 37.3 Å². The summed E-state index contributed by atoms with van der Waals surface area (Å²) in [4.78, 5) is 27.5. The van der Waals surface area contributed by atoms with Crippen molar-refractivity contribution in [1.29, 1.82) is 0 Å². The van der Waals surface area contributed by atoms with Crippen LogP contribution in [-0.2, 0) is 24.5 Å². The van der Waals surface area contributed by atoms with Crippen molar-refractivity contribution in [3.63, 3.8) is 0 Å². The van der Waals surface area contributed by atoms with Gasteiger partial charge in [0.1, 0.15) is 6.61 Å². The molecular weight excluding hydrogens is 436 g/mol. The highest BCUT2D eigenvalue weighted by atomic mass is 79.9. The zero-order valence-corrected chi connectivity index (χ0v) is 17.3. The van der Waals surface area contributed by atoms with Crippen LogP contribution in [0.1, 0.15) is 18.3 Å². The van der Waals surface area contributed by atoms with Gasteiger partial charge >= 0.3 is 5.69 Å². The SMILES string of the molecule is CCn1c(COCc2ccccc2)nn(-c2ccc3c(=O)[nH]cc(Br)c3c2)c1=O. The van der Waals surface area contributed by atoms with Crippen molar-refractivity contribution in [2.45, 2.75) is 26.7 Å². The number of nitrogens with zero attached hydrogens (tertiary/aromatic N) is 3. The van der Waals surface area contributed by atoms with Gasteiger partial charge in [0.25, 0.3) is 5.56 Å². The highest BCUT2D eigenvalue weighted by Crippen LogP contribution is 2.22. The molecule has 0 bridgehead atoms. The van der Waals surface area contributed by atoms with E-state index in [-0.39, 0.29) is 17.9 Å². The van der Waals surface area contributed by atoms with Gasteiger partial charge in [0.2, 0.25) is 0 Å². The Hall–Kier alpha value is -2.97. The van der Waals surface area contributed by atoms with Gasteiger partial charge in [-0.05, 0) is 46.6 Å². The first-order chi connectivity index (χ1) is 14.1. The fraction of sp³-hybridized carbons (Fsp3) is 0.190. The molecule has 1 N–H and O–H groups in total. The molecule has 7 nitrogen and oxygen atoms in total. The summed E-state index contributed by atoms with van der Waals surface area (Å²) in [6.45, 7) is 3.05. The van der Waals surface area contributed by atoms with E-state index in [4.69, 9.17) is 4.74 Å². The molecule has 0 saturated carbocycles. The smallest absolute Gasteiger partial charge is 0.350 e. The molecule has 0 aliphatic heterocycles. The van der Waals surface area contributed by atoms with Crippen molar-refractivity contribution in [1.82, 2.24) is 19.3 Å². The molecule has 0 aliphatic carbocycles. The van der Waals surface area contributed by atoms with Crippen molar-refractivity contribution in [3.05, 3.63) is 91.4 Å². The molecule has 2 aromatic heterocycles. The number of nitrogens with one attached hydrogen (secondary N) is 1. The number of pyridine rings is 1. The average Bonchev–Trinajstić information content (AvgIpc) is 3.06. The third kappa shape index (κ3) is 3.81. The van der Waals surface area contributed by atoms with Crippen LogP contribution in [-0.4, -0.2) is 19.3 Å². The van der Waals surface area contributed by atoms with Crippen LogP contribution in [0.3, 0.4) is 0 Å². The fourth-order valence-corrected chi connectivity index (χ4v) is 3.65. The van der Waals surface area contributed by atoms with Crippen LogP contribution in [0, 0.1) is 0 Å². The molecule has 0 unspecified atom stereocenters. The predicted molar refractivity (Wildman–Crippen MR) is 114 cm³/mol. The summed E-state index contributed by atoms with van der Waals surface area (Å²) in [5.74, 6) is 0.554. The summed E-state index contributed by atoms with van der Waals surface area (Å²) in [5, 5.41) is 5.74. The van der Waals surface area contributed by atoms with Crippen molar-refractivity contribution < 1.29 is 4.74 Å². The zero-order valence-electron chi connectivity index (χ0n) is 15.8. The molecule has 148 valence electrons. The fourth-order valence-electron chi connectivity index (χ4n) is 3.21. The molecule has 2 heterocycles. The van der Waals surface area contributed by atoms with Crippen molar-refractivity contribution in [2.75, 3.05) is 0 Å². The van der Waals surface area contributed by atoms with E-state index in [0.29, 0.717) is 35.4 Å². The van der Waals surface area contributed by atoms with Crippen molar-refractivity contribution in [2.24, 2.45) is 0 Å². The Morgan fingerprint density at radius 3 is 2.62 bits per heavy atom.